The molecular formula is C32H20O4. The summed E-state index contributed by atoms with van der Waals surface area (Å²) in [7, 11) is 0. The van der Waals surface area contributed by atoms with E-state index in [1.807, 2.05) is 48.5 Å². The van der Waals surface area contributed by atoms with E-state index in [1.54, 1.807) is 49.4 Å². The van der Waals surface area contributed by atoms with E-state index in [0.29, 0.717) is 32.9 Å². The summed E-state index contributed by atoms with van der Waals surface area (Å²) in [6, 6.07) is 22.0. The molecule has 1 aliphatic rings. The monoisotopic (exact) mass is 468 g/mol. The first kappa shape index (κ1) is 21.7. The van der Waals surface area contributed by atoms with Crippen LogP contribution in [0.5, 0.6) is 0 Å². The molecule has 172 valence electrons. The molecule has 0 amide bonds. The fraction of sp³-hybridized carbons (Fsp3) is 0.0312. The highest BCUT2D eigenvalue weighted by atomic mass is 16.3. The molecule has 0 unspecified atom stereocenters. The van der Waals surface area contributed by atoms with Gasteiger partial charge < -0.3 is 5.11 Å². The Morgan fingerprint density at radius 1 is 0.722 bits per heavy atom. The lowest BCUT2D eigenvalue weighted by Crippen LogP contribution is -2.38. The molecule has 0 aromatic heterocycles. The summed E-state index contributed by atoms with van der Waals surface area (Å²) >= 11 is 0. The summed E-state index contributed by atoms with van der Waals surface area (Å²) in [6.07, 6.45) is 6.49. The Morgan fingerprint density at radius 2 is 1.28 bits per heavy atom. The lowest BCUT2D eigenvalue weighted by molar-refractivity contribution is 0.103. The highest BCUT2D eigenvalue weighted by Crippen LogP contribution is 2.35. The van der Waals surface area contributed by atoms with Crippen molar-refractivity contribution in [3.8, 4) is 0 Å². The zero-order chi connectivity index (χ0) is 25.0. The third kappa shape index (κ3) is 3.19. The number of benzene rings is 5. The van der Waals surface area contributed by atoms with Gasteiger partial charge in [-0.3, -0.25) is 14.4 Å². The Hall–Kier alpha value is -4.83. The Bertz CT molecular complexity index is 1940. The molecule has 0 spiro atoms. The van der Waals surface area contributed by atoms with Crippen molar-refractivity contribution in [1.82, 2.24) is 0 Å². The van der Waals surface area contributed by atoms with Crippen molar-refractivity contribution in [2.24, 2.45) is 0 Å². The zero-order valence-corrected chi connectivity index (χ0v) is 19.4. The summed E-state index contributed by atoms with van der Waals surface area (Å²) in [5.41, 5.74) is 1.49. The second-order valence-electron chi connectivity index (χ2n) is 8.99. The third-order valence-corrected chi connectivity index (χ3v) is 6.81. The Labute approximate surface area is 205 Å². The van der Waals surface area contributed by atoms with Gasteiger partial charge in [-0.25, -0.2) is 0 Å². The van der Waals surface area contributed by atoms with Gasteiger partial charge in [0.05, 0.1) is 10.8 Å². The van der Waals surface area contributed by atoms with Crippen LogP contribution in [0.1, 0.15) is 22.8 Å². The number of hydrogen-bond donors (Lipinski definition) is 1. The summed E-state index contributed by atoms with van der Waals surface area (Å²) in [5, 5.41) is 15.2. The van der Waals surface area contributed by atoms with Crippen LogP contribution in [0.25, 0.3) is 44.2 Å². The number of Topliss-reactive ketones (excluding diaryl/α,β-unsaturated/α-hetero) is 1. The summed E-state index contributed by atoms with van der Waals surface area (Å²) in [5.74, 6) is -0.310. The molecule has 4 nitrogen and oxygen atoms in total. The number of hydrogen-bond acceptors (Lipinski definition) is 4. The number of rotatable bonds is 3. The summed E-state index contributed by atoms with van der Waals surface area (Å²) < 4.78 is 0. The summed E-state index contributed by atoms with van der Waals surface area (Å²) in [4.78, 5) is 39.3. The molecule has 1 aliphatic carbocycles. The Kier molecular flexibility index (Phi) is 4.90. The minimum Gasteiger partial charge on any atom is -0.507 e. The minimum absolute atomic E-state index is 0.0611. The van der Waals surface area contributed by atoms with E-state index in [9.17, 15) is 19.5 Å². The van der Waals surface area contributed by atoms with E-state index in [0.717, 1.165) is 16.2 Å². The number of aliphatic hydroxyl groups excluding tert-OH is 1. The van der Waals surface area contributed by atoms with Crippen LogP contribution in [0.15, 0.2) is 112 Å². The molecule has 0 saturated carbocycles. The first-order valence-corrected chi connectivity index (χ1v) is 11.6. The zero-order valence-electron chi connectivity index (χ0n) is 19.4. The van der Waals surface area contributed by atoms with Gasteiger partial charge in [-0.1, -0.05) is 90.5 Å². The first-order chi connectivity index (χ1) is 17.5. The molecule has 5 aromatic carbocycles. The fourth-order valence-electron chi connectivity index (χ4n) is 5.03. The number of carbonyl (C=O) groups excluding carboxylic acids is 1. The summed E-state index contributed by atoms with van der Waals surface area (Å²) in [6.45, 7) is 1.81. The number of allylic oxidation sites excluding steroid dienone is 5. The van der Waals surface area contributed by atoms with Gasteiger partial charge in [0.15, 0.2) is 16.6 Å². The topological polar surface area (TPSA) is 71.4 Å². The second-order valence-corrected chi connectivity index (χ2v) is 8.99. The van der Waals surface area contributed by atoms with Gasteiger partial charge >= 0.3 is 0 Å². The largest absolute Gasteiger partial charge is 0.507 e. The fourth-order valence-corrected chi connectivity index (χ4v) is 5.03. The smallest absolute Gasteiger partial charge is 0.197 e. The van der Waals surface area contributed by atoms with Crippen molar-refractivity contribution < 1.29 is 9.90 Å². The van der Waals surface area contributed by atoms with Crippen molar-refractivity contribution >= 4 is 49.9 Å². The molecule has 0 aliphatic heterocycles. The van der Waals surface area contributed by atoms with Crippen molar-refractivity contribution in [3.63, 3.8) is 0 Å². The van der Waals surface area contributed by atoms with E-state index in [1.165, 1.54) is 6.08 Å². The normalized spacial score (nSPS) is 14.0. The average Bonchev–Trinajstić information content (AvgIpc) is 2.90. The maximum absolute atomic E-state index is 13.1. The highest BCUT2D eigenvalue weighted by molar-refractivity contribution is 6.25. The molecule has 0 radical (unpaired) electrons. The molecule has 4 heteroatoms. The quantitative estimate of drug-likeness (QED) is 0.357. The second kappa shape index (κ2) is 8.14. The molecule has 0 bridgehead atoms. The van der Waals surface area contributed by atoms with Gasteiger partial charge in [0.1, 0.15) is 5.76 Å². The van der Waals surface area contributed by atoms with E-state index < -0.39 is 0 Å². The third-order valence-electron chi connectivity index (χ3n) is 6.81. The molecule has 6 rings (SSSR count). The SMILES string of the molecule is CC(/C=C/C1=C(O)c2cccc3cccc(c23)C1=O)=C\C=c1c(=O)c2cccc3cccc(c1=O)c32. The van der Waals surface area contributed by atoms with Crippen LogP contribution < -0.4 is 16.1 Å². The Balaban J connectivity index is 1.44. The van der Waals surface area contributed by atoms with E-state index >= 15 is 0 Å². The first-order valence-electron chi connectivity index (χ1n) is 11.6. The molecule has 0 atom stereocenters. The highest BCUT2D eigenvalue weighted by Gasteiger charge is 2.25. The van der Waals surface area contributed by atoms with E-state index in [2.05, 4.69) is 0 Å². The van der Waals surface area contributed by atoms with Crippen LogP contribution in [0.4, 0.5) is 0 Å². The maximum atomic E-state index is 13.1. The van der Waals surface area contributed by atoms with Crippen LogP contribution in [0, 0.1) is 0 Å². The van der Waals surface area contributed by atoms with Gasteiger partial charge in [-0.2, -0.15) is 0 Å². The predicted octanol–water partition coefficient (Wildman–Crippen LogP) is 5.47. The average molecular weight is 469 g/mol. The standard InChI is InChI=1S/C32H20O4/c1-18(14-16-25-29(33)21-10-2-6-19-7-3-11-22(27(19)21)30(25)34)15-17-26-31(35)23-12-4-8-20-9-5-13-24(28(20)23)32(26)36/h2-17,33H,1H3/b16-14+,18-15+. The molecule has 0 heterocycles. The maximum Gasteiger partial charge on any atom is 0.197 e. The lowest BCUT2D eigenvalue weighted by Gasteiger charge is -2.18. The van der Waals surface area contributed by atoms with Gasteiger partial charge in [0.25, 0.3) is 0 Å². The van der Waals surface area contributed by atoms with Gasteiger partial charge in [-0.15, -0.1) is 0 Å². The number of carbonyl (C=O) groups is 1. The van der Waals surface area contributed by atoms with E-state index in [4.69, 9.17) is 0 Å². The van der Waals surface area contributed by atoms with Crippen LogP contribution in [0.3, 0.4) is 0 Å². The molecule has 0 saturated heterocycles. The van der Waals surface area contributed by atoms with Crippen molar-refractivity contribution in [1.29, 1.82) is 0 Å². The lowest BCUT2D eigenvalue weighted by atomic mass is 9.86. The number of ketones is 1. The molecular weight excluding hydrogens is 448 g/mol. The predicted molar refractivity (Wildman–Crippen MR) is 146 cm³/mol. The van der Waals surface area contributed by atoms with Crippen LogP contribution in [0.2, 0.25) is 0 Å². The minimum atomic E-state index is -0.301. The van der Waals surface area contributed by atoms with Crippen molar-refractivity contribution in [2.75, 3.05) is 0 Å². The van der Waals surface area contributed by atoms with Crippen LogP contribution >= 0.6 is 0 Å². The van der Waals surface area contributed by atoms with Crippen LogP contribution in [-0.4, -0.2) is 10.9 Å². The van der Waals surface area contributed by atoms with Gasteiger partial charge in [0, 0.05) is 32.7 Å². The molecule has 0 fully saturated rings. The molecule has 36 heavy (non-hydrogen) atoms. The van der Waals surface area contributed by atoms with Crippen molar-refractivity contribution in [2.45, 2.75) is 6.92 Å². The van der Waals surface area contributed by atoms with E-state index in [-0.39, 0.29) is 33.2 Å². The van der Waals surface area contributed by atoms with Gasteiger partial charge in [-0.05, 0) is 29.8 Å². The van der Waals surface area contributed by atoms with Gasteiger partial charge in [0.2, 0.25) is 0 Å². The Morgan fingerprint density at radius 3 is 1.92 bits per heavy atom. The van der Waals surface area contributed by atoms with Crippen LogP contribution in [-0.2, 0) is 0 Å². The molecule has 1 N–H and O–H groups in total. The van der Waals surface area contributed by atoms with Crippen molar-refractivity contribution in [3.05, 3.63) is 139 Å². The molecule has 5 aromatic rings. The number of aliphatic hydroxyl groups is 1.